The van der Waals surface area contributed by atoms with Gasteiger partial charge < -0.3 is 18.9 Å². The highest BCUT2D eigenvalue weighted by Gasteiger charge is 2.32. The first-order valence-electron chi connectivity index (χ1n) is 9.12. The van der Waals surface area contributed by atoms with Gasteiger partial charge in [-0.3, -0.25) is 4.79 Å². The summed E-state index contributed by atoms with van der Waals surface area (Å²) in [6, 6.07) is 9.77. The predicted octanol–water partition coefficient (Wildman–Crippen LogP) is 3.54. The molecule has 1 aliphatic rings. The van der Waals surface area contributed by atoms with Crippen molar-refractivity contribution in [3.05, 3.63) is 47.7 Å². The van der Waals surface area contributed by atoms with E-state index >= 15 is 0 Å². The van der Waals surface area contributed by atoms with E-state index in [2.05, 4.69) is 0 Å². The minimum atomic E-state index is -0.568. The molecule has 0 aromatic heterocycles. The summed E-state index contributed by atoms with van der Waals surface area (Å²) in [5.74, 6) is -0.301. The van der Waals surface area contributed by atoms with E-state index in [1.54, 1.807) is 0 Å². The van der Waals surface area contributed by atoms with E-state index in [4.69, 9.17) is 18.9 Å². The molecule has 1 aromatic carbocycles. The summed E-state index contributed by atoms with van der Waals surface area (Å²) in [7, 11) is 0. The van der Waals surface area contributed by atoms with Crippen molar-refractivity contribution < 1.29 is 28.5 Å². The Morgan fingerprint density at radius 1 is 1.22 bits per heavy atom. The Labute approximate surface area is 160 Å². The summed E-state index contributed by atoms with van der Waals surface area (Å²) < 4.78 is 22.3. The molecule has 0 saturated carbocycles. The molecule has 0 N–H and O–H groups in total. The number of rotatable bonds is 6. The third kappa shape index (κ3) is 7.83. The summed E-state index contributed by atoms with van der Waals surface area (Å²) in [6.45, 7) is 7.47. The first-order valence-corrected chi connectivity index (χ1v) is 9.12. The summed E-state index contributed by atoms with van der Waals surface area (Å²) in [5, 5.41) is 0. The Kier molecular flexibility index (Phi) is 7.42. The Bertz CT molecular complexity index is 659. The second kappa shape index (κ2) is 9.55. The Morgan fingerprint density at radius 3 is 2.56 bits per heavy atom. The van der Waals surface area contributed by atoms with Crippen LogP contribution in [0.4, 0.5) is 0 Å². The normalized spacial score (nSPS) is 21.4. The Hall–Kier alpha value is -2.34. The molecule has 1 aliphatic heterocycles. The van der Waals surface area contributed by atoms with Gasteiger partial charge in [-0.2, -0.15) is 0 Å². The monoisotopic (exact) mass is 376 g/mol. The number of carbonyl (C=O) groups excluding carboxylic acids is 2. The van der Waals surface area contributed by atoms with E-state index in [0.717, 1.165) is 5.56 Å². The van der Waals surface area contributed by atoms with Crippen LogP contribution < -0.4 is 0 Å². The first-order chi connectivity index (χ1) is 12.7. The highest BCUT2D eigenvalue weighted by atomic mass is 16.6. The minimum Gasteiger partial charge on any atom is -0.488 e. The number of allylic oxidation sites excluding steroid dienone is 1. The van der Waals surface area contributed by atoms with Gasteiger partial charge in [0.2, 0.25) is 0 Å². The Balaban J connectivity index is 1.97. The third-order valence-corrected chi connectivity index (χ3v) is 3.79. The molecule has 6 nitrogen and oxygen atoms in total. The van der Waals surface area contributed by atoms with Gasteiger partial charge in [0.25, 0.3) is 0 Å². The van der Waals surface area contributed by atoms with Crippen LogP contribution in [0.1, 0.15) is 46.1 Å². The fourth-order valence-corrected chi connectivity index (χ4v) is 2.73. The van der Waals surface area contributed by atoms with Crippen molar-refractivity contribution in [2.75, 3.05) is 6.61 Å². The third-order valence-electron chi connectivity index (χ3n) is 3.79. The van der Waals surface area contributed by atoms with Crippen LogP contribution in [0.3, 0.4) is 0 Å². The zero-order chi connectivity index (χ0) is 19.9. The van der Waals surface area contributed by atoms with Crippen molar-refractivity contribution in [3.8, 4) is 0 Å². The molecular formula is C21H28O6. The zero-order valence-corrected chi connectivity index (χ0v) is 16.4. The molecular weight excluding hydrogens is 348 g/mol. The molecule has 0 spiro atoms. The van der Waals surface area contributed by atoms with Gasteiger partial charge in [0.05, 0.1) is 19.3 Å². The highest BCUT2D eigenvalue weighted by molar-refractivity contribution is 5.82. The van der Waals surface area contributed by atoms with Crippen LogP contribution in [0.15, 0.2) is 42.2 Å². The molecule has 0 amide bonds. The van der Waals surface area contributed by atoms with Crippen molar-refractivity contribution in [2.45, 2.75) is 65.0 Å². The number of benzene rings is 1. The SMILES string of the molecule is CC(=O)O[C@@H]1CC/C(=C\C(=O)OC(C)(C)C)O[C@H]1COCc1ccccc1. The zero-order valence-electron chi connectivity index (χ0n) is 16.4. The quantitative estimate of drug-likeness (QED) is 0.559. The number of esters is 2. The topological polar surface area (TPSA) is 71.1 Å². The molecule has 1 fully saturated rings. The van der Waals surface area contributed by atoms with Crippen molar-refractivity contribution in [1.82, 2.24) is 0 Å². The average molecular weight is 376 g/mol. The average Bonchev–Trinajstić information content (AvgIpc) is 2.56. The maximum Gasteiger partial charge on any atom is 0.334 e. The largest absolute Gasteiger partial charge is 0.488 e. The minimum absolute atomic E-state index is 0.249. The van der Waals surface area contributed by atoms with Gasteiger partial charge in [-0.25, -0.2) is 4.79 Å². The van der Waals surface area contributed by atoms with Crippen LogP contribution in [0.2, 0.25) is 0 Å². The van der Waals surface area contributed by atoms with Crippen LogP contribution >= 0.6 is 0 Å². The van der Waals surface area contributed by atoms with Crippen LogP contribution in [0, 0.1) is 0 Å². The number of hydrogen-bond acceptors (Lipinski definition) is 6. The molecule has 6 heteroatoms. The second-order valence-electron chi connectivity index (χ2n) is 7.49. The molecule has 0 radical (unpaired) electrons. The smallest absolute Gasteiger partial charge is 0.334 e. The lowest BCUT2D eigenvalue weighted by atomic mass is 10.0. The van der Waals surface area contributed by atoms with E-state index < -0.39 is 23.8 Å². The molecule has 1 saturated heterocycles. The van der Waals surface area contributed by atoms with E-state index in [-0.39, 0.29) is 12.6 Å². The molecule has 0 unspecified atom stereocenters. The number of carbonyl (C=O) groups is 2. The fraction of sp³-hybridized carbons (Fsp3) is 0.524. The van der Waals surface area contributed by atoms with E-state index in [1.165, 1.54) is 13.0 Å². The van der Waals surface area contributed by atoms with Crippen LogP contribution in [0.5, 0.6) is 0 Å². The summed E-state index contributed by atoms with van der Waals surface area (Å²) in [4.78, 5) is 23.4. The van der Waals surface area contributed by atoms with Crippen molar-refractivity contribution in [2.24, 2.45) is 0 Å². The van der Waals surface area contributed by atoms with E-state index in [1.807, 2.05) is 51.1 Å². The number of ether oxygens (including phenoxy) is 4. The summed E-state index contributed by atoms with van der Waals surface area (Å²) >= 11 is 0. The van der Waals surface area contributed by atoms with Crippen LogP contribution in [-0.2, 0) is 35.1 Å². The van der Waals surface area contributed by atoms with E-state index in [0.29, 0.717) is 25.2 Å². The lowest BCUT2D eigenvalue weighted by molar-refractivity contribution is -0.162. The van der Waals surface area contributed by atoms with Gasteiger partial charge in [-0.1, -0.05) is 30.3 Å². The van der Waals surface area contributed by atoms with Crippen LogP contribution in [-0.4, -0.2) is 36.4 Å². The second-order valence-corrected chi connectivity index (χ2v) is 7.49. The lowest BCUT2D eigenvalue weighted by Crippen LogP contribution is -2.40. The van der Waals surface area contributed by atoms with Gasteiger partial charge in [-0.15, -0.1) is 0 Å². The standard InChI is InChI=1S/C21H28O6/c1-15(22)25-18-11-10-17(12-20(23)27-21(2,3)4)26-19(18)14-24-13-16-8-6-5-7-9-16/h5-9,12,18-19H,10-11,13-14H2,1-4H3/b17-12+/t18-,19+/m1/s1. The molecule has 2 atom stereocenters. The Morgan fingerprint density at radius 2 is 1.93 bits per heavy atom. The number of hydrogen-bond donors (Lipinski definition) is 0. The summed E-state index contributed by atoms with van der Waals surface area (Å²) in [6.07, 6.45) is 1.54. The lowest BCUT2D eigenvalue weighted by Gasteiger charge is -2.33. The first kappa shape index (κ1) is 21.0. The maximum absolute atomic E-state index is 12.0. The molecule has 2 rings (SSSR count). The van der Waals surface area contributed by atoms with Gasteiger partial charge in [0.1, 0.15) is 17.5 Å². The molecule has 148 valence electrons. The molecule has 27 heavy (non-hydrogen) atoms. The maximum atomic E-state index is 12.0. The van der Waals surface area contributed by atoms with Crippen LogP contribution in [0.25, 0.3) is 0 Å². The summed E-state index contributed by atoms with van der Waals surface area (Å²) in [5.41, 5.74) is 0.475. The van der Waals surface area contributed by atoms with Gasteiger partial charge in [0, 0.05) is 13.3 Å². The highest BCUT2D eigenvalue weighted by Crippen LogP contribution is 2.26. The molecule has 1 aromatic rings. The molecule has 0 aliphatic carbocycles. The van der Waals surface area contributed by atoms with Crippen molar-refractivity contribution in [3.63, 3.8) is 0 Å². The fourth-order valence-electron chi connectivity index (χ4n) is 2.73. The van der Waals surface area contributed by atoms with Crippen molar-refractivity contribution in [1.29, 1.82) is 0 Å². The molecule has 0 bridgehead atoms. The van der Waals surface area contributed by atoms with E-state index in [9.17, 15) is 9.59 Å². The van der Waals surface area contributed by atoms with Gasteiger partial charge in [-0.05, 0) is 32.8 Å². The van der Waals surface area contributed by atoms with Gasteiger partial charge in [0.15, 0.2) is 6.10 Å². The predicted molar refractivity (Wildman–Crippen MR) is 99.7 cm³/mol. The molecule has 1 heterocycles. The van der Waals surface area contributed by atoms with Gasteiger partial charge >= 0.3 is 11.9 Å². The van der Waals surface area contributed by atoms with Crippen molar-refractivity contribution >= 4 is 11.9 Å².